The molecule has 8 nitrogen and oxygen atoms in total. The number of thiophene rings is 1. The lowest BCUT2D eigenvalue weighted by atomic mass is 10.2. The molecule has 0 atom stereocenters. The number of nitrogens with zero attached hydrogens (tertiary/aromatic N) is 7. The van der Waals surface area contributed by atoms with Crippen LogP contribution < -0.4 is 4.90 Å². The Morgan fingerprint density at radius 1 is 0.933 bits per heavy atom. The number of likely N-dealkylation sites (tertiary alicyclic amines) is 1. The molecule has 0 radical (unpaired) electrons. The molecule has 9 heteroatoms. The summed E-state index contributed by atoms with van der Waals surface area (Å²) in [5.74, 6) is 1.99. The molecule has 1 amide bonds. The normalized spacial score (nSPS) is 18.7. The van der Waals surface area contributed by atoms with E-state index < -0.39 is 0 Å². The minimum absolute atomic E-state index is 0.287. The van der Waals surface area contributed by atoms with E-state index >= 15 is 0 Å². The number of hydrogen-bond acceptors (Lipinski definition) is 7. The third-order valence-corrected chi connectivity index (χ3v) is 6.73. The number of rotatable bonds is 4. The second-order valence-electron chi connectivity index (χ2n) is 8.06. The van der Waals surface area contributed by atoms with E-state index in [1.54, 1.807) is 11.3 Å². The van der Waals surface area contributed by atoms with Crippen LogP contribution in [0.2, 0.25) is 0 Å². The quantitative estimate of drug-likeness (QED) is 0.639. The number of fused-ring (bicyclic) bond motifs is 1. The SMILES string of the molecule is O=C(CN1CCN(c2ccc3nnc(-c4ccsc4)n3n2)CC1)N1CCCCCC1. The predicted molar refractivity (Wildman–Crippen MR) is 118 cm³/mol. The average molecular weight is 426 g/mol. The van der Waals surface area contributed by atoms with Crippen LogP contribution in [0.4, 0.5) is 5.82 Å². The fourth-order valence-corrected chi connectivity index (χ4v) is 4.90. The number of hydrogen-bond donors (Lipinski definition) is 0. The van der Waals surface area contributed by atoms with Gasteiger partial charge in [-0.25, -0.2) is 0 Å². The molecular weight excluding hydrogens is 398 g/mol. The predicted octanol–water partition coefficient (Wildman–Crippen LogP) is 2.38. The van der Waals surface area contributed by atoms with E-state index in [0.717, 1.165) is 75.0 Å². The van der Waals surface area contributed by atoms with Gasteiger partial charge >= 0.3 is 0 Å². The molecule has 2 fully saturated rings. The van der Waals surface area contributed by atoms with E-state index in [2.05, 4.69) is 30.3 Å². The highest BCUT2D eigenvalue weighted by Crippen LogP contribution is 2.22. The summed E-state index contributed by atoms with van der Waals surface area (Å²) >= 11 is 1.64. The van der Waals surface area contributed by atoms with Crippen LogP contribution in [-0.2, 0) is 4.79 Å². The van der Waals surface area contributed by atoms with Gasteiger partial charge in [0.1, 0.15) is 5.82 Å². The number of amides is 1. The Hall–Kier alpha value is -2.52. The van der Waals surface area contributed by atoms with Crippen molar-refractivity contribution >= 4 is 28.7 Å². The third kappa shape index (κ3) is 4.04. The van der Waals surface area contributed by atoms with Crippen molar-refractivity contribution in [2.24, 2.45) is 0 Å². The fourth-order valence-electron chi connectivity index (χ4n) is 4.27. The van der Waals surface area contributed by atoms with Gasteiger partial charge in [-0.2, -0.15) is 15.9 Å². The number of anilines is 1. The highest BCUT2D eigenvalue weighted by atomic mass is 32.1. The van der Waals surface area contributed by atoms with Crippen molar-refractivity contribution in [3.63, 3.8) is 0 Å². The molecule has 0 unspecified atom stereocenters. The Bertz CT molecular complexity index is 986. The lowest BCUT2D eigenvalue weighted by molar-refractivity contribution is -0.132. The summed E-state index contributed by atoms with van der Waals surface area (Å²) in [5.41, 5.74) is 1.79. The van der Waals surface area contributed by atoms with E-state index in [-0.39, 0.29) is 5.91 Å². The molecule has 0 aromatic carbocycles. The van der Waals surface area contributed by atoms with Gasteiger partial charge in [-0.3, -0.25) is 9.69 Å². The largest absolute Gasteiger partial charge is 0.353 e. The summed E-state index contributed by atoms with van der Waals surface area (Å²) < 4.78 is 1.83. The van der Waals surface area contributed by atoms with Gasteiger partial charge in [0.25, 0.3) is 0 Å². The first-order chi connectivity index (χ1) is 14.8. The Balaban J connectivity index is 1.23. The van der Waals surface area contributed by atoms with Gasteiger partial charge in [-0.05, 0) is 36.4 Å². The second kappa shape index (κ2) is 8.69. The van der Waals surface area contributed by atoms with Gasteiger partial charge in [0.05, 0.1) is 6.54 Å². The minimum atomic E-state index is 0.287. The number of piperazine rings is 1. The summed E-state index contributed by atoms with van der Waals surface area (Å²) in [6.45, 7) is 5.86. The van der Waals surface area contributed by atoms with Gasteiger partial charge in [0, 0.05) is 50.2 Å². The van der Waals surface area contributed by atoms with Crippen molar-refractivity contribution in [3.8, 4) is 11.4 Å². The number of carbonyl (C=O) groups excluding carboxylic acids is 1. The van der Waals surface area contributed by atoms with Gasteiger partial charge in [-0.1, -0.05) is 12.8 Å². The highest BCUT2D eigenvalue weighted by molar-refractivity contribution is 7.08. The molecule has 158 valence electrons. The Kier molecular flexibility index (Phi) is 5.63. The summed E-state index contributed by atoms with van der Waals surface area (Å²) in [6.07, 6.45) is 4.79. The molecule has 0 aliphatic carbocycles. The first-order valence-electron chi connectivity index (χ1n) is 10.8. The standard InChI is InChI=1S/C21H27N7OS/c29-20(27-8-3-1-2-4-9-27)15-25-10-12-26(13-11-25)19-6-5-18-22-23-21(28(18)24-19)17-7-14-30-16-17/h5-7,14,16H,1-4,8-13,15H2. The molecule has 2 saturated heterocycles. The van der Waals surface area contributed by atoms with Gasteiger partial charge in [0.2, 0.25) is 5.91 Å². The summed E-state index contributed by atoms with van der Waals surface area (Å²) in [7, 11) is 0. The highest BCUT2D eigenvalue weighted by Gasteiger charge is 2.23. The van der Waals surface area contributed by atoms with Crippen LogP contribution in [0, 0.1) is 0 Å². The Morgan fingerprint density at radius 3 is 2.47 bits per heavy atom. The Morgan fingerprint density at radius 2 is 1.73 bits per heavy atom. The summed E-state index contributed by atoms with van der Waals surface area (Å²) in [4.78, 5) is 19.3. The zero-order chi connectivity index (χ0) is 20.3. The average Bonchev–Trinajstić information content (AvgIpc) is 3.36. The molecule has 0 bridgehead atoms. The maximum atomic E-state index is 12.7. The minimum Gasteiger partial charge on any atom is -0.353 e. The molecule has 5 heterocycles. The first kappa shape index (κ1) is 19.4. The molecule has 5 rings (SSSR count). The lowest BCUT2D eigenvalue weighted by Gasteiger charge is -2.35. The zero-order valence-corrected chi connectivity index (χ0v) is 17.9. The van der Waals surface area contributed by atoms with Crippen molar-refractivity contribution in [1.29, 1.82) is 0 Å². The first-order valence-corrected chi connectivity index (χ1v) is 11.7. The maximum absolute atomic E-state index is 12.7. The topological polar surface area (TPSA) is 69.9 Å². The van der Waals surface area contributed by atoms with Crippen LogP contribution in [0.25, 0.3) is 17.0 Å². The van der Waals surface area contributed by atoms with Gasteiger partial charge in [-0.15, -0.1) is 15.3 Å². The second-order valence-corrected chi connectivity index (χ2v) is 8.84. The van der Waals surface area contributed by atoms with Crippen molar-refractivity contribution in [3.05, 3.63) is 29.0 Å². The van der Waals surface area contributed by atoms with E-state index in [4.69, 9.17) is 5.10 Å². The van der Waals surface area contributed by atoms with E-state index in [1.807, 2.05) is 28.1 Å². The molecule has 0 saturated carbocycles. The molecule has 0 spiro atoms. The Labute approximate surface area is 180 Å². The number of carbonyl (C=O) groups is 1. The van der Waals surface area contributed by atoms with Crippen molar-refractivity contribution < 1.29 is 4.79 Å². The van der Waals surface area contributed by atoms with Crippen LogP contribution in [0.3, 0.4) is 0 Å². The monoisotopic (exact) mass is 425 g/mol. The molecule has 0 N–H and O–H groups in total. The van der Waals surface area contributed by atoms with Crippen molar-refractivity contribution in [1.82, 2.24) is 29.6 Å². The lowest BCUT2D eigenvalue weighted by Crippen LogP contribution is -2.50. The summed E-state index contributed by atoms with van der Waals surface area (Å²) in [6, 6.07) is 6.02. The van der Waals surface area contributed by atoms with Crippen LogP contribution in [0.15, 0.2) is 29.0 Å². The van der Waals surface area contributed by atoms with E-state index in [1.165, 1.54) is 12.8 Å². The maximum Gasteiger partial charge on any atom is 0.236 e. The molecular formula is C21H27N7OS. The van der Waals surface area contributed by atoms with Crippen LogP contribution in [-0.4, -0.2) is 81.3 Å². The zero-order valence-electron chi connectivity index (χ0n) is 17.1. The van der Waals surface area contributed by atoms with Crippen LogP contribution in [0.5, 0.6) is 0 Å². The summed E-state index contributed by atoms with van der Waals surface area (Å²) in [5, 5.41) is 17.5. The third-order valence-electron chi connectivity index (χ3n) is 6.04. The van der Waals surface area contributed by atoms with Crippen molar-refractivity contribution in [2.45, 2.75) is 25.7 Å². The molecule has 3 aromatic heterocycles. The molecule has 30 heavy (non-hydrogen) atoms. The molecule has 3 aromatic rings. The van der Waals surface area contributed by atoms with Crippen LogP contribution in [0.1, 0.15) is 25.7 Å². The smallest absolute Gasteiger partial charge is 0.236 e. The molecule has 2 aliphatic rings. The van der Waals surface area contributed by atoms with E-state index in [9.17, 15) is 4.79 Å². The molecule has 2 aliphatic heterocycles. The van der Waals surface area contributed by atoms with E-state index in [0.29, 0.717) is 6.54 Å². The van der Waals surface area contributed by atoms with Gasteiger partial charge < -0.3 is 9.80 Å². The van der Waals surface area contributed by atoms with Crippen molar-refractivity contribution in [2.75, 3.05) is 50.7 Å². The van der Waals surface area contributed by atoms with Gasteiger partial charge in [0.15, 0.2) is 11.5 Å². The fraction of sp³-hybridized carbons (Fsp3) is 0.524. The number of aromatic nitrogens is 4. The van der Waals surface area contributed by atoms with Crippen LogP contribution >= 0.6 is 11.3 Å².